The number of hydrogen-bond donors (Lipinski definition) is 1. The summed E-state index contributed by atoms with van der Waals surface area (Å²) in [6.07, 6.45) is 0. The summed E-state index contributed by atoms with van der Waals surface area (Å²) in [4.78, 5) is 5.55. The minimum atomic E-state index is -0.0501. The van der Waals surface area contributed by atoms with Crippen LogP contribution in [0.2, 0.25) is 15.1 Å². The van der Waals surface area contributed by atoms with Gasteiger partial charge in [0.1, 0.15) is 5.84 Å². The second-order valence-corrected chi connectivity index (χ2v) is 7.02. The van der Waals surface area contributed by atoms with Crippen molar-refractivity contribution >= 4 is 58.1 Å². The summed E-state index contributed by atoms with van der Waals surface area (Å²) >= 11 is 19.9. The lowest BCUT2D eigenvalue weighted by Gasteiger charge is -2.16. The highest BCUT2D eigenvalue weighted by atomic mass is 35.5. The van der Waals surface area contributed by atoms with Crippen molar-refractivity contribution in [2.45, 2.75) is 10.8 Å². The van der Waals surface area contributed by atoms with Crippen molar-refractivity contribution in [2.24, 2.45) is 10.7 Å². The molecule has 0 saturated heterocycles. The van der Waals surface area contributed by atoms with Crippen LogP contribution in [0.3, 0.4) is 0 Å². The van der Waals surface area contributed by atoms with Crippen molar-refractivity contribution in [3.8, 4) is 0 Å². The van der Waals surface area contributed by atoms with Crippen molar-refractivity contribution < 1.29 is 0 Å². The second-order valence-electron chi connectivity index (χ2n) is 4.68. The number of halogens is 3. The molecule has 1 aliphatic heterocycles. The van der Waals surface area contributed by atoms with Crippen LogP contribution < -0.4 is 5.73 Å². The van der Waals surface area contributed by atoms with E-state index in [1.165, 1.54) is 0 Å². The molecule has 2 aromatic carbocycles. The van der Waals surface area contributed by atoms with Crippen molar-refractivity contribution in [3.63, 3.8) is 0 Å². The number of thioether (sulfide) groups is 1. The lowest BCUT2D eigenvalue weighted by atomic mass is 10.00. The Balaban J connectivity index is 2.01. The first-order chi connectivity index (χ1) is 10.0. The summed E-state index contributed by atoms with van der Waals surface area (Å²) in [5, 5.41) is 1.91. The number of hydrogen-bond acceptors (Lipinski definition) is 3. The van der Waals surface area contributed by atoms with Crippen LogP contribution in [0, 0.1) is 0 Å². The highest BCUT2D eigenvalue weighted by Crippen LogP contribution is 2.40. The van der Waals surface area contributed by atoms with Crippen molar-refractivity contribution in [1.82, 2.24) is 0 Å². The van der Waals surface area contributed by atoms with Crippen LogP contribution in [0.4, 0.5) is 5.69 Å². The van der Waals surface area contributed by atoms with E-state index >= 15 is 0 Å². The van der Waals surface area contributed by atoms with Gasteiger partial charge in [0.25, 0.3) is 0 Å². The van der Waals surface area contributed by atoms with E-state index in [9.17, 15) is 0 Å². The molecule has 0 fully saturated rings. The zero-order valence-corrected chi connectivity index (χ0v) is 13.9. The topological polar surface area (TPSA) is 38.4 Å². The minimum Gasteiger partial charge on any atom is -0.387 e. The Labute approximate surface area is 142 Å². The first-order valence-electron chi connectivity index (χ1n) is 6.26. The maximum atomic E-state index is 6.29. The van der Waals surface area contributed by atoms with E-state index < -0.39 is 0 Å². The standard InChI is InChI=1S/C15H11Cl3N2S/c16-8-1-3-10(12(18)5-8)11-7-21-14-6-9(17)2-4-13(14)20-15(11)19/h1-6,11H,7H2,(H2,19,20). The molecule has 0 aromatic heterocycles. The van der Waals surface area contributed by atoms with Gasteiger partial charge in [-0.1, -0.05) is 40.9 Å². The maximum absolute atomic E-state index is 6.29. The third-order valence-electron chi connectivity index (χ3n) is 3.27. The van der Waals surface area contributed by atoms with Crippen molar-refractivity contribution in [3.05, 3.63) is 57.0 Å². The number of benzene rings is 2. The minimum absolute atomic E-state index is 0.0501. The first kappa shape index (κ1) is 15.0. The summed E-state index contributed by atoms with van der Waals surface area (Å²) in [5.74, 6) is 1.25. The normalized spacial score (nSPS) is 17.9. The largest absolute Gasteiger partial charge is 0.387 e. The van der Waals surface area contributed by atoms with Gasteiger partial charge in [-0.2, -0.15) is 0 Å². The number of aliphatic imine (C=N–C) groups is 1. The van der Waals surface area contributed by atoms with Crippen molar-refractivity contribution in [1.29, 1.82) is 0 Å². The van der Waals surface area contributed by atoms with Crippen LogP contribution in [-0.2, 0) is 0 Å². The van der Waals surface area contributed by atoms with E-state index in [2.05, 4.69) is 4.99 Å². The zero-order chi connectivity index (χ0) is 15.0. The van der Waals surface area contributed by atoms with Gasteiger partial charge >= 0.3 is 0 Å². The fourth-order valence-corrected chi connectivity index (χ4v) is 4.15. The van der Waals surface area contributed by atoms with Crippen LogP contribution in [0.5, 0.6) is 0 Å². The number of nitrogens with two attached hydrogens (primary N) is 1. The van der Waals surface area contributed by atoms with Gasteiger partial charge in [0.15, 0.2) is 0 Å². The Morgan fingerprint density at radius 2 is 1.76 bits per heavy atom. The summed E-state index contributed by atoms with van der Waals surface area (Å²) in [6.45, 7) is 0. The fourth-order valence-electron chi connectivity index (χ4n) is 2.20. The molecule has 0 radical (unpaired) electrons. The molecule has 0 saturated carbocycles. The molecule has 1 aliphatic rings. The Morgan fingerprint density at radius 1 is 1.05 bits per heavy atom. The molecule has 3 rings (SSSR count). The van der Waals surface area contributed by atoms with Gasteiger partial charge in [-0.05, 0) is 35.9 Å². The maximum Gasteiger partial charge on any atom is 0.108 e. The number of nitrogens with zero attached hydrogens (tertiary/aromatic N) is 1. The molecule has 1 unspecified atom stereocenters. The summed E-state index contributed by atoms with van der Waals surface area (Å²) < 4.78 is 0. The van der Waals surface area contributed by atoms with Crippen LogP contribution in [-0.4, -0.2) is 11.6 Å². The van der Waals surface area contributed by atoms with Gasteiger partial charge < -0.3 is 5.73 Å². The average Bonchev–Trinajstić information content (AvgIpc) is 2.58. The fraction of sp³-hybridized carbons (Fsp3) is 0.133. The Hall–Kier alpha value is -0.870. The molecule has 2 nitrogen and oxygen atoms in total. The van der Waals surface area contributed by atoms with E-state index in [1.807, 2.05) is 30.3 Å². The highest BCUT2D eigenvalue weighted by molar-refractivity contribution is 7.99. The van der Waals surface area contributed by atoms with E-state index in [4.69, 9.17) is 40.5 Å². The third-order valence-corrected chi connectivity index (χ3v) is 5.21. The molecule has 6 heteroatoms. The Kier molecular flexibility index (Phi) is 4.36. The van der Waals surface area contributed by atoms with Crippen molar-refractivity contribution in [2.75, 3.05) is 5.75 Å². The lowest BCUT2D eigenvalue weighted by Crippen LogP contribution is -2.23. The molecule has 0 bridgehead atoms. The lowest BCUT2D eigenvalue weighted by molar-refractivity contribution is 1.02. The molecule has 0 aliphatic carbocycles. The summed E-state index contributed by atoms with van der Waals surface area (Å²) in [7, 11) is 0. The van der Waals surface area contributed by atoms with Crippen LogP contribution in [0.15, 0.2) is 46.3 Å². The molecule has 2 N–H and O–H groups in total. The number of rotatable bonds is 1. The Morgan fingerprint density at radius 3 is 2.52 bits per heavy atom. The molecule has 2 aromatic rings. The SMILES string of the molecule is NC1=Nc2ccc(Cl)cc2SCC1c1ccc(Cl)cc1Cl. The predicted octanol–water partition coefficient (Wildman–Crippen LogP) is 5.53. The smallest absolute Gasteiger partial charge is 0.108 e. The molecule has 1 heterocycles. The first-order valence-corrected chi connectivity index (χ1v) is 8.38. The van der Waals surface area contributed by atoms with Crippen LogP contribution >= 0.6 is 46.6 Å². The monoisotopic (exact) mass is 356 g/mol. The highest BCUT2D eigenvalue weighted by Gasteiger charge is 2.23. The van der Waals surface area contributed by atoms with Gasteiger partial charge in [0.2, 0.25) is 0 Å². The predicted molar refractivity (Wildman–Crippen MR) is 92.7 cm³/mol. The molecule has 0 spiro atoms. The second kappa shape index (κ2) is 6.09. The Bertz CT molecular complexity index is 731. The van der Waals surface area contributed by atoms with Gasteiger partial charge in [0, 0.05) is 25.7 Å². The van der Waals surface area contributed by atoms with E-state index in [0.29, 0.717) is 20.9 Å². The quantitative estimate of drug-likeness (QED) is 0.729. The van der Waals surface area contributed by atoms with Crippen LogP contribution in [0.25, 0.3) is 0 Å². The molecule has 21 heavy (non-hydrogen) atoms. The number of amidine groups is 1. The molecular weight excluding hydrogens is 347 g/mol. The van der Waals surface area contributed by atoms with Gasteiger partial charge in [-0.25, -0.2) is 4.99 Å². The van der Waals surface area contributed by atoms with Gasteiger partial charge in [-0.15, -0.1) is 11.8 Å². The molecule has 1 atom stereocenters. The molecule has 0 amide bonds. The van der Waals surface area contributed by atoms with E-state index in [-0.39, 0.29) is 5.92 Å². The van der Waals surface area contributed by atoms with Gasteiger partial charge in [-0.3, -0.25) is 0 Å². The van der Waals surface area contributed by atoms with Crippen LogP contribution in [0.1, 0.15) is 11.5 Å². The molecular formula is C15H11Cl3N2S. The average molecular weight is 358 g/mol. The summed E-state index contributed by atoms with van der Waals surface area (Å²) in [5.41, 5.74) is 7.96. The number of fused-ring (bicyclic) bond motifs is 1. The van der Waals surface area contributed by atoms with Gasteiger partial charge in [0.05, 0.1) is 11.6 Å². The third kappa shape index (κ3) is 3.16. The zero-order valence-electron chi connectivity index (χ0n) is 10.8. The van der Waals surface area contributed by atoms with E-state index in [0.717, 1.165) is 21.9 Å². The summed E-state index contributed by atoms with van der Waals surface area (Å²) in [6, 6.07) is 11.0. The van der Waals surface area contributed by atoms with E-state index in [1.54, 1.807) is 17.8 Å². The molecule has 108 valence electrons.